The first-order valence-corrected chi connectivity index (χ1v) is 5.15. The molecule has 1 aliphatic rings. The van der Waals surface area contributed by atoms with Gasteiger partial charge in [0.1, 0.15) is 12.4 Å². The number of hydrogen-bond acceptors (Lipinski definition) is 4. The Labute approximate surface area is 93.5 Å². The van der Waals surface area contributed by atoms with Crippen LogP contribution in [0.4, 0.5) is 4.79 Å². The van der Waals surface area contributed by atoms with Crippen LogP contribution in [0.3, 0.4) is 0 Å². The lowest BCUT2D eigenvalue weighted by molar-refractivity contribution is 0.104. The standard InChI is InChI=1S/C11H14N2O3/c12-5-8-3-1-2-4-10(8)15-7-9-6-13-11(14)16-9/h1-4,9H,5-7,12H2,(H,13,14). The number of rotatable bonds is 4. The van der Waals surface area contributed by atoms with Gasteiger partial charge in [-0.25, -0.2) is 4.79 Å². The number of hydrogen-bond donors (Lipinski definition) is 2. The van der Waals surface area contributed by atoms with Crippen LogP contribution in [-0.2, 0) is 11.3 Å². The number of benzene rings is 1. The Hall–Kier alpha value is -1.75. The molecule has 1 aromatic carbocycles. The largest absolute Gasteiger partial charge is 0.489 e. The number of nitrogens with one attached hydrogen (secondary N) is 1. The van der Waals surface area contributed by atoms with Crippen molar-refractivity contribution in [2.75, 3.05) is 13.2 Å². The van der Waals surface area contributed by atoms with Crippen LogP contribution in [0.15, 0.2) is 24.3 Å². The van der Waals surface area contributed by atoms with Crippen LogP contribution in [0, 0.1) is 0 Å². The predicted molar refractivity (Wildman–Crippen MR) is 58.1 cm³/mol. The Morgan fingerprint density at radius 2 is 2.31 bits per heavy atom. The average Bonchev–Trinajstić information content (AvgIpc) is 2.73. The Morgan fingerprint density at radius 1 is 1.50 bits per heavy atom. The second-order valence-electron chi connectivity index (χ2n) is 3.53. The molecule has 1 fully saturated rings. The van der Waals surface area contributed by atoms with Gasteiger partial charge in [-0.3, -0.25) is 0 Å². The van der Waals surface area contributed by atoms with Crippen molar-refractivity contribution in [2.45, 2.75) is 12.6 Å². The maximum atomic E-state index is 10.8. The summed E-state index contributed by atoms with van der Waals surface area (Å²) in [4.78, 5) is 10.8. The number of cyclic esters (lactones) is 1. The summed E-state index contributed by atoms with van der Waals surface area (Å²) < 4.78 is 10.5. The van der Waals surface area contributed by atoms with Crippen molar-refractivity contribution in [3.8, 4) is 5.75 Å². The smallest absolute Gasteiger partial charge is 0.407 e. The quantitative estimate of drug-likeness (QED) is 0.783. The third kappa shape index (κ3) is 2.43. The zero-order valence-electron chi connectivity index (χ0n) is 8.81. The third-order valence-electron chi connectivity index (χ3n) is 2.37. The minimum Gasteiger partial charge on any atom is -0.489 e. The minimum absolute atomic E-state index is 0.224. The first kappa shape index (κ1) is 10.8. The summed E-state index contributed by atoms with van der Waals surface area (Å²) >= 11 is 0. The second-order valence-corrected chi connectivity index (χ2v) is 3.53. The fraction of sp³-hybridized carbons (Fsp3) is 0.364. The monoisotopic (exact) mass is 222 g/mol. The van der Waals surface area contributed by atoms with Crippen molar-refractivity contribution in [1.82, 2.24) is 5.32 Å². The van der Waals surface area contributed by atoms with Gasteiger partial charge in [0.25, 0.3) is 0 Å². The number of ether oxygens (including phenoxy) is 2. The van der Waals surface area contributed by atoms with Gasteiger partial charge >= 0.3 is 6.09 Å². The van der Waals surface area contributed by atoms with Crippen LogP contribution in [0.2, 0.25) is 0 Å². The molecular weight excluding hydrogens is 208 g/mol. The molecule has 1 saturated heterocycles. The summed E-state index contributed by atoms with van der Waals surface area (Å²) in [6.07, 6.45) is -0.612. The summed E-state index contributed by atoms with van der Waals surface area (Å²) in [6.45, 7) is 1.26. The van der Waals surface area contributed by atoms with E-state index in [2.05, 4.69) is 5.32 Å². The summed E-state index contributed by atoms with van der Waals surface area (Å²) in [7, 11) is 0. The number of carbonyl (C=O) groups is 1. The van der Waals surface area contributed by atoms with E-state index in [1.54, 1.807) is 0 Å². The van der Waals surface area contributed by atoms with Crippen LogP contribution >= 0.6 is 0 Å². The van der Waals surface area contributed by atoms with Gasteiger partial charge in [0.2, 0.25) is 0 Å². The van der Waals surface area contributed by atoms with Gasteiger partial charge in [0.05, 0.1) is 6.54 Å². The van der Waals surface area contributed by atoms with E-state index in [0.29, 0.717) is 19.7 Å². The highest BCUT2D eigenvalue weighted by atomic mass is 16.6. The maximum Gasteiger partial charge on any atom is 0.407 e. The van der Waals surface area contributed by atoms with Crippen LogP contribution in [0.5, 0.6) is 5.75 Å². The van der Waals surface area contributed by atoms with E-state index in [1.807, 2.05) is 24.3 Å². The zero-order chi connectivity index (χ0) is 11.4. The second kappa shape index (κ2) is 4.85. The van der Waals surface area contributed by atoms with Crippen molar-refractivity contribution in [3.05, 3.63) is 29.8 Å². The molecule has 5 heteroatoms. The van der Waals surface area contributed by atoms with Crippen molar-refractivity contribution in [3.63, 3.8) is 0 Å². The van der Waals surface area contributed by atoms with Crippen LogP contribution in [0.25, 0.3) is 0 Å². The van der Waals surface area contributed by atoms with E-state index in [1.165, 1.54) is 0 Å². The molecule has 86 valence electrons. The predicted octanol–water partition coefficient (Wildman–Crippen LogP) is 0.632. The van der Waals surface area contributed by atoms with Crippen molar-refractivity contribution < 1.29 is 14.3 Å². The molecule has 1 unspecified atom stereocenters. The molecular formula is C11H14N2O3. The van der Waals surface area contributed by atoms with E-state index in [9.17, 15) is 4.79 Å². The highest BCUT2D eigenvalue weighted by Crippen LogP contribution is 2.17. The molecule has 0 bridgehead atoms. The number of para-hydroxylation sites is 1. The summed E-state index contributed by atoms with van der Waals surface area (Å²) in [5.74, 6) is 0.743. The summed E-state index contributed by atoms with van der Waals surface area (Å²) in [5, 5.41) is 2.57. The fourth-order valence-corrected chi connectivity index (χ4v) is 1.52. The number of nitrogens with two attached hydrogens (primary N) is 1. The Kier molecular flexibility index (Phi) is 3.26. The molecule has 0 aliphatic carbocycles. The Morgan fingerprint density at radius 3 is 3.00 bits per heavy atom. The molecule has 3 N–H and O–H groups in total. The topological polar surface area (TPSA) is 73.6 Å². The van der Waals surface area contributed by atoms with E-state index < -0.39 is 0 Å². The molecule has 1 atom stereocenters. The molecule has 0 aromatic heterocycles. The maximum absolute atomic E-state index is 10.8. The van der Waals surface area contributed by atoms with Crippen molar-refractivity contribution >= 4 is 6.09 Å². The molecule has 0 spiro atoms. The number of amides is 1. The lowest BCUT2D eigenvalue weighted by Gasteiger charge is -2.12. The van der Waals surface area contributed by atoms with Gasteiger partial charge in [0.15, 0.2) is 6.10 Å². The Bertz CT molecular complexity index is 381. The summed E-state index contributed by atoms with van der Waals surface area (Å²) in [6, 6.07) is 7.56. The molecule has 1 amide bonds. The van der Waals surface area contributed by atoms with E-state index >= 15 is 0 Å². The van der Waals surface area contributed by atoms with Gasteiger partial charge in [0, 0.05) is 12.1 Å². The van der Waals surface area contributed by atoms with Crippen LogP contribution < -0.4 is 15.8 Å². The van der Waals surface area contributed by atoms with Gasteiger partial charge in [-0.1, -0.05) is 18.2 Å². The minimum atomic E-state index is -0.388. The highest BCUT2D eigenvalue weighted by molar-refractivity contribution is 5.69. The van der Waals surface area contributed by atoms with Gasteiger partial charge in [-0.2, -0.15) is 0 Å². The molecule has 1 aromatic rings. The Balaban J connectivity index is 1.91. The molecule has 0 saturated carbocycles. The molecule has 16 heavy (non-hydrogen) atoms. The molecule has 2 rings (SSSR count). The van der Waals surface area contributed by atoms with Crippen LogP contribution in [-0.4, -0.2) is 25.3 Å². The van der Waals surface area contributed by atoms with Gasteiger partial charge in [-0.05, 0) is 6.07 Å². The first-order chi connectivity index (χ1) is 7.79. The number of carbonyl (C=O) groups excluding carboxylic acids is 1. The lowest BCUT2D eigenvalue weighted by atomic mass is 10.2. The molecule has 5 nitrogen and oxygen atoms in total. The highest BCUT2D eigenvalue weighted by Gasteiger charge is 2.23. The molecule has 1 heterocycles. The average molecular weight is 222 g/mol. The van der Waals surface area contributed by atoms with Crippen molar-refractivity contribution in [2.24, 2.45) is 5.73 Å². The van der Waals surface area contributed by atoms with E-state index in [-0.39, 0.29) is 12.2 Å². The fourth-order valence-electron chi connectivity index (χ4n) is 1.52. The number of alkyl carbamates (subject to hydrolysis) is 1. The van der Waals surface area contributed by atoms with Crippen LogP contribution in [0.1, 0.15) is 5.56 Å². The van der Waals surface area contributed by atoms with E-state index in [4.69, 9.17) is 15.2 Å². The zero-order valence-corrected chi connectivity index (χ0v) is 8.81. The van der Waals surface area contributed by atoms with E-state index in [0.717, 1.165) is 11.3 Å². The van der Waals surface area contributed by atoms with Gasteiger partial charge < -0.3 is 20.5 Å². The summed E-state index contributed by atoms with van der Waals surface area (Å²) in [5.41, 5.74) is 6.52. The first-order valence-electron chi connectivity index (χ1n) is 5.15. The molecule has 1 aliphatic heterocycles. The third-order valence-corrected chi connectivity index (χ3v) is 2.37. The van der Waals surface area contributed by atoms with Crippen molar-refractivity contribution in [1.29, 1.82) is 0 Å². The lowest BCUT2D eigenvalue weighted by Crippen LogP contribution is -2.22. The molecule has 0 radical (unpaired) electrons. The van der Waals surface area contributed by atoms with Gasteiger partial charge in [-0.15, -0.1) is 0 Å². The normalized spacial score (nSPS) is 19.1. The SMILES string of the molecule is NCc1ccccc1OCC1CNC(=O)O1.